The molecule has 0 amide bonds. The third-order valence-corrected chi connectivity index (χ3v) is 4.17. The molecule has 0 saturated carbocycles. The molecule has 0 heterocycles. The number of rotatable bonds is 7. The molecule has 3 heteroatoms. The van der Waals surface area contributed by atoms with Gasteiger partial charge >= 0.3 is 0 Å². The van der Waals surface area contributed by atoms with Crippen molar-refractivity contribution in [2.75, 3.05) is 6.54 Å². The van der Waals surface area contributed by atoms with E-state index in [2.05, 4.69) is 48.9 Å². The minimum absolute atomic E-state index is 0.100. The van der Waals surface area contributed by atoms with E-state index in [1.165, 1.54) is 0 Å². The largest absolute Gasteiger partial charge is 0.314 e. The van der Waals surface area contributed by atoms with Crippen LogP contribution >= 0.6 is 15.9 Å². The van der Waals surface area contributed by atoms with Gasteiger partial charge in [0, 0.05) is 10.5 Å². The minimum atomic E-state index is -0.100. The first kappa shape index (κ1) is 16.6. The number of benzene rings is 1. The lowest BCUT2D eigenvalue weighted by Gasteiger charge is -2.28. The second-order valence-corrected chi connectivity index (χ2v) is 6.51. The van der Waals surface area contributed by atoms with Crippen LogP contribution in [0.1, 0.15) is 39.7 Å². The van der Waals surface area contributed by atoms with Gasteiger partial charge in [0.2, 0.25) is 0 Å². The van der Waals surface area contributed by atoms with Crippen LogP contribution in [0.3, 0.4) is 0 Å². The average molecular weight is 330 g/mol. The molecule has 1 N–H and O–H groups in total. The van der Waals surface area contributed by atoms with Crippen LogP contribution in [0.15, 0.2) is 22.7 Å². The van der Waals surface area contributed by atoms with Crippen molar-refractivity contribution < 1.29 is 4.39 Å². The Morgan fingerprint density at radius 1 is 1.26 bits per heavy atom. The lowest BCUT2D eigenvalue weighted by Crippen LogP contribution is -2.38. The van der Waals surface area contributed by atoms with Crippen LogP contribution in [-0.4, -0.2) is 12.6 Å². The van der Waals surface area contributed by atoms with Gasteiger partial charge in [-0.05, 0) is 61.9 Å². The molecule has 1 aromatic rings. The second kappa shape index (κ2) is 8.01. The molecule has 1 aromatic carbocycles. The van der Waals surface area contributed by atoms with Crippen molar-refractivity contribution in [2.45, 2.75) is 46.6 Å². The highest BCUT2D eigenvalue weighted by molar-refractivity contribution is 9.10. The quantitative estimate of drug-likeness (QED) is 0.758. The van der Waals surface area contributed by atoms with Crippen LogP contribution in [0.25, 0.3) is 0 Å². The maximum absolute atomic E-state index is 13.9. The lowest BCUT2D eigenvalue weighted by molar-refractivity contribution is 0.286. The highest BCUT2D eigenvalue weighted by Gasteiger charge is 2.22. The molecular weight excluding hydrogens is 305 g/mol. The van der Waals surface area contributed by atoms with Crippen LogP contribution < -0.4 is 5.32 Å². The summed E-state index contributed by atoms with van der Waals surface area (Å²) in [6.45, 7) is 9.81. The molecule has 1 rings (SSSR count). The van der Waals surface area contributed by atoms with Gasteiger partial charge in [-0.15, -0.1) is 0 Å². The van der Waals surface area contributed by atoms with Gasteiger partial charge in [-0.1, -0.05) is 36.7 Å². The topological polar surface area (TPSA) is 12.0 Å². The maximum Gasteiger partial charge on any atom is 0.126 e. The molecule has 108 valence electrons. The average Bonchev–Trinajstić information content (AvgIpc) is 2.36. The van der Waals surface area contributed by atoms with Crippen molar-refractivity contribution in [3.63, 3.8) is 0 Å². The molecule has 0 bridgehead atoms. The second-order valence-electron chi connectivity index (χ2n) is 5.59. The summed E-state index contributed by atoms with van der Waals surface area (Å²) in [5, 5.41) is 3.53. The third kappa shape index (κ3) is 5.23. The minimum Gasteiger partial charge on any atom is -0.314 e. The summed E-state index contributed by atoms with van der Waals surface area (Å²) in [4.78, 5) is 0. The van der Waals surface area contributed by atoms with Gasteiger partial charge in [0.05, 0.1) is 0 Å². The van der Waals surface area contributed by atoms with Gasteiger partial charge < -0.3 is 5.32 Å². The molecule has 0 saturated heterocycles. The van der Waals surface area contributed by atoms with Gasteiger partial charge in [-0.3, -0.25) is 0 Å². The zero-order valence-corrected chi connectivity index (χ0v) is 13.9. The molecule has 0 aliphatic heterocycles. The predicted octanol–water partition coefficient (Wildman–Crippen LogP) is 4.79. The zero-order chi connectivity index (χ0) is 14.4. The van der Waals surface area contributed by atoms with Gasteiger partial charge in [0.1, 0.15) is 5.82 Å². The van der Waals surface area contributed by atoms with E-state index in [4.69, 9.17) is 0 Å². The summed E-state index contributed by atoms with van der Waals surface area (Å²) < 4.78 is 14.8. The standard InChI is InChI=1S/C16H25BrFN/c1-5-8-19-12(4)15(11(2)3)10-13-9-14(17)6-7-16(13)18/h6-7,9,11-12,15,19H,5,8,10H2,1-4H3. The van der Waals surface area contributed by atoms with Crippen molar-refractivity contribution >= 4 is 15.9 Å². The Morgan fingerprint density at radius 2 is 1.95 bits per heavy atom. The predicted molar refractivity (Wildman–Crippen MR) is 83.9 cm³/mol. The molecule has 2 unspecified atom stereocenters. The van der Waals surface area contributed by atoms with Gasteiger partial charge in [0.15, 0.2) is 0 Å². The molecule has 19 heavy (non-hydrogen) atoms. The molecular formula is C16H25BrFN. The fourth-order valence-electron chi connectivity index (χ4n) is 2.47. The van der Waals surface area contributed by atoms with Crippen molar-refractivity contribution in [3.8, 4) is 0 Å². The fourth-order valence-corrected chi connectivity index (χ4v) is 2.88. The highest BCUT2D eigenvalue weighted by atomic mass is 79.9. The van der Waals surface area contributed by atoms with Crippen LogP contribution in [0.5, 0.6) is 0 Å². The van der Waals surface area contributed by atoms with E-state index in [9.17, 15) is 4.39 Å². The van der Waals surface area contributed by atoms with Crippen molar-refractivity contribution in [1.82, 2.24) is 5.32 Å². The first-order chi connectivity index (χ1) is 8.95. The number of halogens is 2. The third-order valence-electron chi connectivity index (χ3n) is 3.68. The normalized spacial score (nSPS) is 14.7. The summed E-state index contributed by atoms with van der Waals surface area (Å²) in [6.07, 6.45) is 1.90. The van der Waals surface area contributed by atoms with Crippen molar-refractivity contribution in [2.24, 2.45) is 11.8 Å². The molecule has 1 nitrogen and oxygen atoms in total. The SMILES string of the molecule is CCCNC(C)C(Cc1cc(Br)ccc1F)C(C)C. The van der Waals surface area contributed by atoms with E-state index in [0.29, 0.717) is 17.9 Å². The molecule has 0 aromatic heterocycles. The Balaban J connectivity index is 2.80. The Bertz CT molecular complexity index is 392. The zero-order valence-electron chi connectivity index (χ0n) is 12.3. The van der Waals surface area contributed by atoms with E-state index in [0.717, 1.165) is 29.4 Å². The van der Waals surface area contributed by atoms with Gasteiger partial charge in [-0.25, -0.2) is 4.39 Å². The van der Waals surface area contributed by atoms with Crippen molar-refractivity contribution in [3.05, 3.63) is 34.1 Å². The smallest absolute Gasteiger partial charge is 0.126 e. The van der Waals surface area contributed by atoms with E-state index >= 15 is 0 Å². The van der Waals surface area contributed by atoms with E-state index in [1.54, 1.807) is 12.1 Å². The first-order valence-electron chi connectivity index (χ1n) is 7.13. The van der Waals surface area contributed by atoms with Crippen LogP contribution in [0.2, 0.25) is 0 Å². The Labute approximate surface area is 125 Å². The Hall–Kier alpha value is -0.410. The lowest BCUT2D eigenvalue weighted by atomic mass is 9.84. The molecule has 2 atom stereocenters. The monoisotopic (exact) mass is 329 g/mol. The Kier molecular flexibility index (Phi) is 7.01. The first-order valence-corrected chi connectivity index (χ1v) is 7.92. The maximum atomic E-state index is 13.9. The summed E-state index contributed by atoms with van der Waals surface area (Å²) >= 11 is 3.42. The van der Waals surface area contributed by atoms with Crippen LogP contribution in [0.4, 0.5) is 4.39 Å². The summed E-state index contributed by atoms with van der Waals surface area (Å²) in [5.74, 6) is 0.865. The number of hydrogen-bond donors (Lipinski definition) is 1. The summed E-state index contributed by atoms with van der Waals surface area (Å²) in [7, 11) is 0. The molecule has 0 spiro atoms. The highest BCUT2D eigenvalue weighted by Crippen LogP contribution is 2.24. The number of hydrogen-bond acceptors (Lipinski definition) is 1. The molecule has 0 fully saturated rings. The Morgan fingerprint density at radius 3 is 2.53 bits per heavy atom. The summed E-state index contributed by atoms with van der Waals surface area (Å²) in [6, 6.07) is 5.60. The summed E-state index contributed by atoms with van der Waals surface area (Å²) in [5.41, 5.74) is 0.804. The fraction of sp³-hybridized carbons (Fsp3) is 0.625. The molecule has 0 aliphatic carbocycles. The van der Waals surface area contributed by atoms with E-state index in [1.807, 2.05) is 6.07 Å². The van der Waals surface area contributed by atoms with E-state index < -0.39 is 0 Å². The van der Waals surface area contributed by atoms with E-state index in [-0.39, 0.29) is 5.82 Å². The van der Waals surface area contributed by atoms with Crippen molar-refractivity contribution in [1.29, 1.82) is 0 Å². The molecule has 0 aliphatic rings. The van der Waals surface area contributed by atoms with Gasteiger partial charge in [-0.2, -0.15) is 0 Å². The molecule has 0 radical (unpaired) electrons. The van der Waals surface area contributed by atoms with Crippen LogP contribution in [-0.2, 0) is 6.42 Å². The number of nitrogens with one attached hydrogen (secondary N) is 1. The van der Waals surface area contributed by atoms with Crippen LogP contribution in [0, 0.1) is 17.7 Å². The van der Waals surface area contributed by atoms with Gasteiger partial charge in [0.25, 0.3) is 0 Å².